The van der Waals surface area contributed by atoms with E-state index in [0.29, 0.717) is 26.2 Å². The summed E-state index contributed by atoms with van der Waals surface area (Å²) >= 11 is 0. The monoisotopic (exact) mass is 256 g/mol. The van der Waals surface area contributed by atoms with E-state index < -0.39 is 12.0 Å². The second kappa shape index (κ2) is 5.14. The van der Waals surface area contributed by atoms with E-state index in [1.165, 1.54) is 4.90 Å². The summed E-state index contributed by atoms with van der Waals surface area (Å²) in [5.74, 6) is -0.889. The van der Waals surface area contributed by atoms with Gasteiger partial charge >= 0.3 is 12.0 Å². The highest BCUT2D eigenvalue weighted by molar-refractivity contribution is 5.83. The molecule has 2 rings (SSSR count). The van der Waals surface area contributed by atoms with Gasteiger partial charge in [-0.1, -0.05) is 6.92 Å². The number of hydrogen-bond donors (Lipinski definition) is 1. The minimum absolute atomic E-state index is 0.0184. The van der Waals surface area contributed by atoms with Gasteiger partial charge in [0.1, 0.15) is 6.04 Å². The Labute approximate surface area is 106 Å². The Morgan fingerprint density at radius 2 is 2.00 bits per heavy atom. The Morgan fingerprint density at radius 3 is 2.61 bits per heavy atom. The summed E-state index contributed by atoms with van der Waals surface area (Å²) in [6, 6.07) is -0.849. The van der Waals surface area contributed by atoms with E-state index in [9.17, 15) is 14.7 Å². The van der Waals surface area contributed by atoms with Crippen LogP contribution in [0.3, 0.4) is 0 Å². The number of morpholine rings is 1. The summed E-state index contributed by atoms with van der Waals surface area (Å²) in [5.41, 5.74) is 0. The van der Waals surface area contributed by atoms with Crippen LogP contribution in [0, 0.1) is 5.92 Å². The summed E-state index contributed by atoms with van der Waals surface area (Å²) in [4.78, 5) is 26.8. The van der Waals surface area contributed by atoms with Crippen LogP contribution in [0.1, 0.15) is 20.3 Å². The molecule has 6 heteroatoms. The number of ether oxygens (including phenoxy) is 1. The highest BCUT2D eigenvalue weighted by Crippen LogP contribution is 2.25. The van der Waals surface area contributed by atoms with Crippen molar-refractivity contribution in [3.8, 4) is 0 Å². The van der Waals surface area contributed by atoms with Crippen molar-refractivity contribution in [1.29, 1.82) is 0 Å². The fraction of sp³-hybridized carbons (Fsp3) is 0.833. The zero-order valence-corrected chi connectivity index (χ0v) is 10.8. The molecule has 6 nitrogen and oxygen atoms in total. The van der Waals surface area contributed by atoms with Crippen molar-refractivity contribution < 1.29 is 19.4 Å². The van der Waals surface area contributed by atoms with Crippen molar-refractivity contribution in [2.45, 2.75) is 32.4 Å². The third-order valence-electron chi connectivity index (χ3n) is 3.71. The van der Waals surface area contributed by atoms with Crippen LogP contribution in [0.5, 0.6) is 0 Å². The summed E-state index contributed by atoms with van der Waals surface area (Å²) < 4.78 is 5.39. The van der Waals surface area contributed by atoms with E-state index in [1.54, 1.807) is 4.90 Å². The number of carbonyl (C=O) groups is 2. The number of amides is 2. The average Bonchev–Trinajstić information content (AvgIpc) is 2.70. The fourth-order valence-electron chi connectivity index (χ4n) is 2.71. The Morgan fingerprint density at radius 1 is 1.28 bits per heavy atom. The molecule has 3 unspecified atom stereocenters. The second-order valence-corrected chi connectivity index (χ2v) is 5.15. The van der Waals surface area contributed by atoms with E-state index in [0.717, 1.165) is 6.42 Å². The Hall–Kier alpha value is -1.30. The SMILES string of the molecule is CC1CN(C(=O)N2CCC(C)C2C(=O)O)CCO1. The number of carboxylic acids is 1. The number of rotatable bonds is 1. The topological polar surface area (TPSA) is 70.1 Å². The number of likely N-dealkylation sites (tertiary alicyclic amines) is 1. The number of hydrogen-bond acceptors (Lipinski definition) is 3. The van der Waals surface area contributed by atoms with Gasteiger partial charge in [-0.3, -0.25) is 0 Å². The molecular weight excluding hydrogens is 236 g/mol. The van der Waals surface area contributed by atoms with Crippen molar-refractivity contribution in [3.05, 3.63) is 0 Å². The van der Waals surface area contributed by atoms with Crippen molar-refractivity contribution in [2.75, 3.05) is 26.2 Å². The average molecular weight is 256 g/mol. The lowest BCUT2D eigenvalue weighted by Crippen LogP contribution is -2.53. The number of carbonyl (C=O) groups excluding carboxylic acids is 1. The van der Waals surface area contributed by atoms with E-state index in [2.05, 4.69) is 0 Å². The molecule has 0 aromatic heterocycles. The van der Waals surface area contributed by atoms with Crippen LogP contribution in [-0.4, -0.2) is 65.3 Å². The van der Waals surface area contributed by atoms with E-state index in [-0.39, 0.29) is 18.1 Å². The standard InChI is InChI=1S/C12H20N2O4/c1-8-3-4-14(10(8)11(15)16)12(17)13-5-6-18-9(2)7-13/h8-10H,3-7H2,1-2H3,(H,15,16). The van der Waals surface area contributed by atoms with Crippen LogP contribution >= 0.6 is 0 Å². The van der Waals surface area contributed by atoms with Gasteiger partial charge in [-0.2, -0.15) is 0 Å². The molecule has 2 saturated heterocycles. The number of carboxylic acid groups (broad SMARTS) is 1. The number of nitrogens with zero attached hydrogens (tertiary/aromatic N) is 2. The quantitative estimate of drug-likeness (QED) is 0.746. The maximum atomic E-state index is 12.3. The highest BCUT2D eigenvalue weighted by Gasteiger charge is 2.41. The molecule has 2 heterocycles. The lowest BCUT2D eigenvalue weighted by Gasteiger charge is -2.35. The summed E-state index contributed by atoms with van der Waals surface area (Å²) in [7, 11) is 0. The molecule has 18 heavy (non-hydrogen) atoms. The Bertz CT molecular complexity index is 347. The van der Waals surface area contributed by atoms with Gasteiger partial charge in [0.05, 0.1) is 12.7 Å². The molecule has 2 aliphatic heterocycles. The summed E-state index contributed by atoms with van der Waals surface area (Å²) in [6.07, 6.45) is 0.772. The predicted octanol–water partition coefficient (Wildman–Crippen LogP) is 0.622. The number of urea groups is 1. The Balaban J connectivity index is 2.06. The zero-order valence-electron chi connectivity index (χ0n) is 10.8. The normalized spacial score (nSPS) is 32.7. The van der Waals surface area contributed by atoms with Gasteiger partial charge in [0.25, 0.3) is 0 Å². The zero-order chi connectivity index (χ0) is 13.3. The van der Waals surface area contributed by atoms with Gasteiger partial charge < -0.3 is 19.6 Å². The van der Waals surface area contributed by atoms with E-state index in [1.807, 2.05) is 13.8 Å². The van der Waals surface area contributed by atoms with Crippen LogP contribution in [-0.2, 0) is 9.53 Å². The third kappa shape index (κ3) is 2.43. The van der Waals surface area contributed by atoms with Gasteiger partial charge in [0, 0.05) is 19.6 Å². The van der Waals surface area contributed by atoms with Crippen molar-refractivity contribution in [2.24, 2.45) is 5.92 Å². The molecule has 2 amide bonds. The molecule has 1 N–H and O–H groups in total. The molecule has 0 radical (unpaired) electrons. The van der Waals surface area contributed by atoms with Crippen molar-refractivity contribution in [1.82, 2.24) is 9.80 Å². The molecule has 0 aromatic carbocycles. The first-order valence-electron chi connectivity index (χ1n) is 6.40. The maximum Gasteiger partial charge on any atom is 0.326 e. The van der Waals surface area contributed by atoms with Gasteiger partial charge in [-0.15, -0.1) is 0 Å². The molecule has 2 aliphatic rings. The van der Waals surface area contributed by atoms with Gasteiger partial charge in [-0.05, 0) is 19.3 Å². The molecule has 0 aliphatic carbocycles. The molecule has 0 aromatic rings. The van der Waals surface area contributed by atoms with Crippen LogP contribution in [0.2, 0.25) is 0 Å². The minimum Gasteiger partial charge on any atom is -0.480 e. The van der Waals surface area contributed by atoms with Crippen LogP contribution in [0.15, 0.2) is 0 Å². The predicted molar refractivity (Wildman–Crippen MR) is 64.3 cm³/mol. The van der Waals surface area contributed by atoms with Gasteiger partial charge in [0.2, 0.25) is 0 Å². The maximum absolute atomic E-state index is 12.3. The molecule has 0 spiro atoms. The minimum atomic E-state index is -0.908. The first kappa shape index (κ1) is 13.1. The molecule has 3 atom stereocenters. The van der Waals surface area contributed by atoms with Gasteiger partial charge in [0.15, 0.2) is 0 Å². The molecular formula is C12H20N2O4. The van der Waals surface area contributed by atoms with Crippen LogP contribution in [0.4, 0.5) is 4.79 Å². The first-order valence-corrected chi connectivity index (χ1v) is 6.40. The van der Waals surface area contributed by atoms with Crippen LogP contribution < -0.4 is 0 Å². The second-order valence-electron chi connectivity index (χ2n) is 5.15. The molecule has 102 valence electrons. The molecule has 2 fully saturated rings. The molecule has 0 bridgehead atoms. The lowest BCUT2D eigenvalue weighted by atomic mass is 10.0. The summed E-state index contributed by atoms with van der Waals surface area (Å²) in [6.45, 7) is 5.93. The smallest absolute Gasteiger partial charge is 0.326 e. The molecule has 0 saturated carbocycles. The lowest BCUT2D eigenvalue weighted by molar-refractivity contribution is -0.142. The highest BCUT2D eigenvalue weighted by atomic mass is 16.5. The van der Waals surface area contributed by atoms with E-state index in [4.69, 9.17) is 4.74 Å². The van der Waals surface area contributed by atoms with Crippen LogP contribution in [0.25, 0.3) is 0 Å². The van der Waals surface area contributed by atoms with Crippen molar-refractivity contribution in [3.63, 3.8) is 0 Å². The largest absolute Gasteiger partial charge is 0.480 e. The van der Waals surface area contributed by atoms with E-state index >= 15 is 0 Å². The van der Waals surface area contributed by atoms with Gasteiger partial charge in [-0.25, -0.2) is 9.59 Å². The fourth-order valence-corrected chi connectivity index (χ4v) is 2.71. The summed E-state index contributed by atoms with van der Waals surface area (Å²) in [5, 5.41) is 9.22. The van der Waals surface area contributed by atoms with Crippen molar-refractivity contribution >= 4 is 12.0 Å². The number of aliphatic carboxylic acids is 1. The Kier molecular flexibility index (Phi) is 3.75. The first-order chi connectivity index (χ1) is 8.50. The third-order valence-corrected chi connectivity index (χ3v) is 3.71.